The van der Waals surface area contributed by atoms with Crippen molar-refractivity contribution in [2.45, 2.75) is 12.5 Å². The highest BCUT2D eigenvalue weighted by Gasteiger charge is 2.27. The van der Waals surface area contributed by atoms with E-state index in [4.69, 9.17) is 4.84 Å². The van der Waals surface area contributed by atoms with Crippen LogP contribution in [0.4, 0.5) is 4.39 Å². The second-order valence-electron chi connectivity index (χ2n) is 5.28. The van der Waals surface area contributed by atoms with Crippen molar-refractivity contribution in [3.8, 4) is 0 Å². The Bertz CT molecular complexity index is 842. The molecule has 0 saturated carbocycles. The van der Waals surface area contributed by atoms with Gasteiger partial charge in [0, 0.05) is 10.9 Å². The summed E-state index contributed by atoms with van der Waals surface area (Å²) in [6.07, 6.45) is -0.0321. The van der Waals surface area contributed by atoms with Crippen molar-refractivity contribution in [3.63, 3.8) is 0 Å². The average Bonchev–Trinajstić information content (AvgIpc) is 3.10. The maximum Gasteiger partial charge on any atom is 0.287 e. The summed E-state index contributed by atoms with van der Waals surface area (Å²) in [7, 11) is 0. The zero-order valence-electron chi connectivity index (χ0n) is 12.8. The molecule has 0 spiro atoms. The predicted octanol–water partition coefficient (Wildman–Crippen LogP) is 2.87. The van der Waals surface area contributed by atoms with E-state index in [0.29, 0.717) is 6.42 Å². The van der Waals surface area contributed by atoms with Gasteiger partial charge in [0.25, 0.3) is 11.8 Å². The molecule has 128 valence electrons. The molecule has 3 rings (SSSR count). The molecule has 1 aliphatic rings. The van der Waals surface area contributed by atoms with E-state index in [2.05, 4.69) is 31.9 Å². The highest BCUT2D eigenvalue weighted by Crippen LogP contribution is 2.26. The Kier molecular flexibility index (Phi) is 5.08. The quantitative estimate of drug-likeness (QED) is 0.770. The number of carbonyl (C=O) groups is 2. The number of hydrazine groups is 1. The first-order valence-corrected chi connectivity index (χ1v) is 8.17. The number of amides is 2. The number of nitrogens with one attached hydrogen (secondary N) is 2. The van der Waals surface area contributed by atoms with Gasteiger partial charge in [0.2, 0.25) is 0 Å². The summed E-state index contributed by atoms with van der Waals surface area (Å²) in [6, 6.07) is 13.0. The Morgan fingerprint density at radius 1 is 1.12 bits per heavy atom. The molecule has 6 nitrogen and oxygen atoms in total. The van der Waals surface area contributed by atoms with Gasteiger partial charge >= 0.3 is 0 Å². The van der Waals surface area contributed by atoms with Gasteiger partial charge in [-0.05, 0) is 39.7 Å². The monoisotopic (exact) mass is 405 g/mol. The van der Waals surface area contributed by atoms with Crippen LogP contribution in [0.25, 0.3) is 0 Å². The molecule has 0 aromatic heterocycles. The number of halogens is 2. The zero-order chi connectivity index (χ0) is 17.8. The molecule has 8 heteroatoms. The summed E-state index contributed by atoms with van der Waals surface area (Å²) in [5, 5.41) is 3.77. The van der Waals surface area contributed by atoms with Crippen LogP contribution in [0.3, 0.4) is 0 Å². The Balaban J connectivity index is 1.55. The van der Waals surface area contributed by atoms with Crippen LogP contribution in [0, 0.1) is 5.82 Å². The summed E-state index contributed by atoms with van der Waals surface area (Å²) < 4.78 is 13.3. The molecule has 2 N–H and O–H groups in total. The Morgan fingerprint density at radius 2 is 1.84 bits per heavy atom. The van der Waals surface area contributed by atoms with Crippen LogP contribution >= 0.6 is 15.9 Å². The molecule has 25 heavy (non-hydrogen) atoms. The van der Waals surface area contributed by atoms with E-state index in [1.165, 1.54) is 6.07 Å². The molecule has 2 aromatic carbocycles. The molecule has 0 fully saturated rings. The molecule has 0 bridgehead atoms. The van der Waals surface area contributed by atoms with Crippen LogP contribution in [-0.4, -0.2) is 17.5 Å². The number of hydrogen-bond acceptors (Lipinski definition) is 4. The van der Waals surface area contributed by atoms with E-state index < -0.39 is 17.6 Å². The topological polar surface area (TPSA) is 79.8 Å². The van der Waals surface area contributed by atoms with E-state index >= 15 is 0 Å². The average molecular weight is 406 g/mol. The lowest BCUT2D eigenvalue weighted by molar-refractivity contribution is -0.115. The highest BCUT2D eigenvalue weighted by atomic mass is 79.9. The Hall–Kier alpha value is -2.74. The minimum atomic E-state index is -0.584. The van der Waals surface area contributed by atoms with E-state index in [1.54, 1.807) is 0 Å². The van der Waals surface area contributed by atoms with Gasteiger partial charge in [-0.2, -0.15) is 0 Å². The van der Waals surface area contributed by atoms with Crippen molar-refractivity contribution in [2.75, 3.05) is 0 Å². The van der Waals surface area contributed by atoms with Gasteiger partial charge in [-0.3, -0.25) is 20.4 Å². The third kappa shape index (κ3) is 4.03. The van der Waals surface area contributed by atoms with Crippen LogP contribution in [-0.2, 0) is 9.63 Å². The Morgan fingerprint density at radius 3 is 2.56 bits per heavy atom. The molecule has 0 aliphatic carbocycles. The first-order valence-electron chi connectivity index (χ1n) is 7.38. The number of oxime groups is 1. The summed E-state index contributed by atoms with van der Waals surface area (Å²) in [5.74, 6) is -1.62. The highest BCUT2D eigenvalue weighted by molar-refractivity contribution is 9.10. The van der Waals surface area contributed by atoms with Crippen molar-refractivity contribution < 1.29 is 18.8 Å². The lowest BCUT2D eigenvalue weighted by Gasteiger charge is -2.09. The van der Waals surface area contributed by atoms with Crippen molar-refractivity contribution in [1.29, 1.82) is 0 Å². The van der Waals surface area contributed by atoms with Gasteiger partial charge in [0.15, 0.2) is 11.8 Å². The minimum absolute atomic E-state index is 0.173. The summed E-state index contributed by atoms with van der Waals surface area (Å²) in [6.45, 7) is 0. The first kappa shape index (κ1) is 17.1. The van der Waals surface area contributed by atoms with E-state index in [9.17, 15) is 14.0 Å². The summed E-state index contributed by atoms with van der Waals surface area (Å²) in [5.41, 5.74) is 5.81. The molecule has 1 heterocycles. The number of carbonyl (C=O) groups excluding carboxylic acids is 2. The Labute approximate surface area is 151 Å². The van der Waals surface area contributed by atoms with Gasteiger partial charge in [0.1, 0.15) is 5.82 Å². The van der Waals surface area contributed by atoms with Gasteiger partial charge in [0.05, 0.1) is 5.56 Å². The molecule has 2 amide bonds. The third-order valence-corrected chi connectivity index (χ3v) is 4.22. The van der Waals surface area contributed by atoms with E-state index in [0.717, 1.165) is 17.7 Å². The largest absolute Gasteiger partial charge is 0.387 e. The second-order valence-corrected chi connectivity index (χ2v) is 6.13. The number of rotatable bonds is 3. The van der Waals surface area contributed by atoms with Gasteiger partial charge < -0.3 is 4.84 Å². The van der Waals surface area contributed by atoms with Crippen molar-refractivity contribution in [1.82, 2.24) is 10.9 Å². The normalized spacial score (nSPS) is 15.9. The number of hydrogen-bond donors (Lipinski definition) is 2. The molecule has 2 aromatic rings. The van der Waals surface area contributed by atoms with Crippen LogP contribution in [0.2, 0.25) is 0 Å². The minimum Gasteiger partial charge on any atom is -0.387 e. The fourth-order valence-electron chi connectivity index (χ4n) is 2.28. The maximum atomic E-state index is 13.0. The molecular weight excluding hydrogens is 393 g/mol. The van der Waals surface area contributed by atoms with E-state index in [1.807, 2.05) is 30.3 Å². The molecule has 0 saturated heterocycles. The molecule has 1 aliphatic heterocycles. The molecule has 0 unspecified atom stereocenters. The molecule has 0 radical (unpaired) electrons. The van der Waals surface area contributed by atoms with Crippen molar-refractivity contribution >= 4 is 33.5 Å². The van der Waals surface area contributed by atoms with E-state index in [-0.39, 0.29) is 21.9 Å². The molecule has 1 atom stereocenters. The smallest absolute Gasteiger partial charge is 0.287 e. The van der Waals surface area contributed by atoms with Crippen LogP contribution in [0.1, 0.15) is 28.4 Å². The number of benzene rings is 2. The lowest BCUT2D eigenvalue weighted by atomic mass is 10.0. The molecular formula is C17H13BrFN3O3. The van der Waals surface area contributed by atoms with Gasteiger partial charge in [-0.15, -0.1) is 0 Å². The van der Waals surface area contributed by atoms with Crippen molar-refractivity contribution in [3.05, 3.63) is 69.9 Å². The first-order chi connectivity index (χ1) is 12.0. The standard InChI is InChI=1S/C17H13BrFN3O3/c18-13-8-11(19)6-7-12(13)16(23)20-21-17(24)14-9-15(25-22-14)10-4-2-1-3-5-10/h1-8,15H,9H2,(H,20,23)(H,21,24)/t15-/m1/s1. The number of nitrogens with zero attached hydrogens (tertiary/aromatic N) is 1. The zero-order valence-corrected chi connectivity index (χ0v) is 14.4. The SMILES string of the molecule is O=C(NNC(=O)c1ccc(F)cc1Br)C1=NO[C@@H](c2ccccc2)C1. The fourth-order valence-corrected chi connectivity index (χ4v) is 2.82. The lowest BCUT2D eigenvalue weighted by Crippen LogP contribution is -2.44. The third-order valence-electron chi connectivity index (χ3n) is 3.57. The summed E-state index contributed by atoms with van der Waals surface area (Å²) >= 11 is 3.10. The summed E-state index contributed by atoms with van der Waals surface area (Å²) in [4.78, 5) is 29.4. The maximum absolute atomic E-state index is 13.0. The van der Waals surface area contributed by atoms with Crippen molar-refractivity contribution in [2.24, 2.45) is 5.16 Å². The van der Waals surface area contributed by atoms with Gasteiger partial charge in [-0.1, -0.05) is 35.5 Å². The van der Waals surface area contributed by atoms with Gasteiger partial charge in [-0.25, -0.2) is 4.39 Å². The second kappa shape index (κ2) is 7.43. The van der Waals surface area contributed by atoms with Crippen LogP contribution < -0.4 is 10.9 Å². The fraction of sp³-hybridized carbons (Fsp3) is 0.118. The predicted molar refractivity (Wildman–Crippen MR) is 92.0 cm³/mol. The van der Waals surface area contributed by atoms with Crippen LogP contribution in [0.5, 0.6) is 0 Å². The van der Waals surface area contributed by atoms with Crippen LogP contribution in [0.15, 0.2) is 58.2 Å².